The molecule has 0 aliphatic heterocycles. The smallest absolute Gasteiger partial charge is 0.263 e. The van der Waals surface area contributed by atoms with Gasteiger partial charge in [0, 0.05) is 30.6 Å². The number of halogens is 1. The molecule has 188 valence electrons. The van der Waals surface area contributed by atoms with Gasteiger partial charge >= 0.3 is 0 Å². The number of hydrogen-bond donors (Lipinski definition) is 1. The third kappa shape index (κ3) is 4.40. The largest absolute Gasteiger partial charge is 0.479 e. The van der Waals surface area contributed by atoms with Gasteiger partial charge in [-0.15, -0.1) is 0 Å². The number of rotatable bonds is 7. The number of fused-ring (bicyclic) bond motifs is 1. The number of benzene rings is 1. The first-order chi connectivity index (χ1) is 17.3. The Morgan fingerprint density at radius 2 is 1.94 bits per heavy atom. The Kier molecular flexibility index (Phi) is 6.35. The summed E-state index contributed by atoms with van der Waals surface area (Å²) < 4.78 is 39.6. The summed E-state index contributed by atoms with van der Waals surface area (Å²) in [4.78, 5) is 19.7. The summed E-state index contributed by atoms with van der Waals surface area (Å²) in [6, 6.07) is 10.8. The van der Waals surface area contributed by atoms with E-state index >= 15 is 0 Å². The molecule has 5 rings (SSSR count). The first-order valence-electron chi connectivity index (χ1n) is 11.4. The van der Waals surface area contributed by atoms with E-state index in [0.29, 0.717) is 33.5 Å². The van der Waals surface area contributed by atoms with Crippen molar-refractivity contribution in [2.45, 2.75) is 36.6 Å². The molecule has 0 amide bonds. The summed E-state index contributed by atoms with van der Waals surface area (Å²) >= 11 is 6.66. The molecular weight excluding hydrogens is 506 g/mol. The van der Waals surface area contributed by atoms with E-state index in [9.17, 15) is 13.2 Å². The lowest BCUT2D eigenvalue weighted by molar-refractivity contribution is 0.395. The van der Waals surface area contributed by atoms with Crippen LogP contribution in [-0.2, 0) is 10.0 Å². The third-order valence-electron chi connectivity index (χ3n) is 6.40. The topological polar surface area (TPSA) is 120 Å². The van der Waals surface area contributed by atoms with Crippen LogP contribution in [0.1, 0.15) is 25.7 Å². The lowest BCUT2D eigenvalue weighted by atomic mass is 10.2. The van der Waals surface area contributed by atoms with Crippen LogP contribution in [-0.4, -0.2) is 43.3 Å². The lowest BCUT2D eigenvalue weighted by Gasteiger charge is -2.27. The summed E-state index contributed by atoms with van der Waals surface area (Å²) in [6.07, 6.45) is 5.73. The maximum absolute atomic E-state index is 13.0. The van der Waals surface area contributed by atoms with Gasteiger partial charge in [-0.2, -0.15) is 4.98 Å². The highest BCUT2D eigenvalue weighted by Gasteiger charge is 2.25. The van der Waals surface area contributed by atoms with Gasteiger partial charge in [0.25, 0.3) is 15.6 Å². The molecule has 0 spiro atoms. The summed E-state index contributed by atoms with van der Waals surface area (Å²) in [7, 11) is -0.486. The van der Waals surface area contributed by atoms with Gasteiger partial charge in [0.05, 0.1) is 22.5 Å². The zero-order valence-corrected chi connectivity index (χ0v) is 21.2. The molecule has 1 aliphatic carbocycles. The zero-order chi connectivity index (χ0) is 25.4. The van der Waals surface area contributed by atoms with Crippen LogP contribution < -0.4 is 19.9 Å². The molecule has 12 heteroatoms. The number of aromatic nitrogens is 3. The fourth-order valence-corrected chi connectivity index (χ4v) is 5.88. The van der Waals surface area contributed by atoms with Crippen LogP contribution >= 0.6 is 11.6 Å². The van der Waals surface area contributed by atoms with Crippen LogP contribution in [0.5, 0.6) is 5.88 Å². The van der Waals surface area contributed by atoms with E-state index in [1.165, 1.54) is 55.0 Å². The summed E-state index contributed by atoms with van der Waals surface area (Å²) in [5.41, 5.74) is 0.487. The monoisotopic (exact) mass is 529 g/mol. The number of hydrogen-bond acceptors (Lipinski definition) is 8. The van der Waals surface area contributed by atoms with E-state index in [1.54, 1.807) is 18.2 Å². The fraction of sp³-hybridized carbons (Fsp3) is 0.292. The van der Waals surface area contributed by atoms with Crippen LogP contribution in [0.4, 0.5) is 11.6 Å². The highest BCUT2D eigenvalue weighted by Crippen LogP contribution is 2.35. The zero-order valence-electron chi connectivity index (χ0n) is 19.6. The Labute approximate surface area is 212 Å². The quantitative estimate of drug-likeness (QED) is 0.378. The molecule has 0 saturated heterocycles. The van der Waals surface area contributed by atoms with Crippen LogP contribution in [0.2, 0.25) is 5.02 Å². The van der Waals surface area contributed by atoms with Crippen molar-refractivity contribution in [3.63, 3.8) is 0 Å². The number of nitrogens with zero attached hydrogens (tertiary/aromatic N) is 4. The second-order valence-electron chi connectivity index (χ2n) is 8.59. The van der Waals surface area contributed by atoms with Gasteiger partial charge in [-0.1, -0.05) is 29.6 Å². The number of ether oxygens (including phenoxy) is 1. The fourth-order valence-electron chi connectivity index (χ4n) is 4.58. The maximum Gasteiger partial charge on any atom is 0.263 e. The van der Waals surface area contributed by atoms with E-state index in [1.807, 2.05) is 7.05 Å². The molecule has 1 fully saturated rings. The molecule has 3 heterocycles. The molecule has 4 aromatic rings. The Balaban J connectivity index is 1.60. The standard InChI is InChI=1S/C24H24ClN5O5S/c1-29(16-5-3-4-6-16)23-18(25)14-20(24(26-23)34-2)30-19-9-8-17(13-15(19)7-10-22(30)31)36(32,33)28-21-11-12-35-27-21/h7-14,16H,3-6H2,1-2H3,(H,27,28). The van der Waals surface area contributed by atoms with Gasteiger partial charge in [-0.05, 0) is 43.2 Å². The summed E-state index contributed by atoms with van der Waals surface area (Å²) in [5, 5.41) is 4.48. The molecule has 0 radical (unpaired) electrons. The molecule has 0 bridgehead atoms. The molecule has 3 aromatic heterocycles. The van der Waals surface area contributed by atoms with E-state index in [-0.39, 0.29) is 22.2 Å². The SMILES string of the molecule is COc1nc(N(C)C2CCCC2)c(Cl)cc1-n1c(=O)ccc2cc(S(=O)(=O)Nc3ccon3)ccc21. The van der Waals surface area contributed by atoms with Crippen molar-refractivity contribution in [2.75, 3.05) is 23.8 Å². The Morgan fingerprint density at radius 3 is 2.64 bits per heavy atom. The molecule has 1 aromatic carbocycles. The van der Waals surface area contributed by atoms with E-state index < -0.39 is 10.0 Å². The predicted octanol–water partition coefficient (Wildman–Crippen LogP) is 4.22. The number of methoxy groups -OCH3 is 1. The van der Waals surface area contributed by atoms with Crippen molar-refractivity contribution < 1.29 is 17.7 Å². The molecule has 10 nitrogen and oxygen atoms in total. The molecule has 1 aliphatic rings. The second-order valence-corrected chi connectivity index (χ2v) is 10.7. The van der Waals surface area contributed by atoms with Gasteiger partial charge < -0.3 is 14.2 Å². The Morgan fingerprint density at radius 1 is 1.17 bits per heavy atom. The highest BCUT2D eigenvalue weighted by molar-refractivity contribution is 7.92. The van der Waals surface area contributed by atoms with Crippen molar-refractivity contribution >= 4 is 44.2 Å². The van der Waals surface area contributed by atoms with Crippen molar-refractivity contribution in [1.29, 1.82) is 0 Å². The summed E-state index contributed by atoms with van der Waals surface area (Å²) in [6.45, 7) is 0. The van der Waals surface area contributed by atoms with Crippen LogP contribution in [0.15, 0.2) is 62.9 Å². The molecular formula is C24H24ClN5O5S. The van der Waals surface area contributed by atoms with Crippen LogP contribution in [0, 0.1) is 0 Å². The first-order valence-corrected chi connectivity index (χ1v) is 13.2. The molecule has 0 unspecified atom stereocenters. The molecule has 1 saturated carbocycles. The van der Waals surface area contributed by atoms with Crippen molar-refractivity contribution in [2.24, 2.45) is 0 Å². The number of pyridine rings is 2. The minimum absolute atomic E-state index is 0.000132. The van der Waals surface area contributed by atoms with Gasteiger partial charge in [0.2, 0.25) is 5.88 Å². The second kappa shape index (κ2) is 9.47. The Bertz CT molecular complexity index is 1580. The van der Waals surface area contributed by atoms with Crippen molar-refractivity contribution in [3.8, 4) is 11.6 Å². The third-order valence-corrected chi connectivity index (χ3v) is 8.03. The molecule has 36 heavy (non-hydrogen) atoms. The number of nitrogens with one attached hydrogen (secondary N) is 1. The minimum Gasteiger partial charge on any atom is -0.479 e. The normalized spacial score (nSPS) is 14.3. The summed E-state index contributed by atoms with van der Waals surface area (Å²) in [5.74, 6) is 0.885. The molecule has 0 atom stereocenters. The van der Waals surface area contributed by atoms with Crippen LogP contribution in [0.25, 0.3) is 16.6 Å². The molecule has 1 N–H and O–H groups in total. The maximum atomic E-state index is 13.0. The average Bonchev–Trinajstić information content (AvgIpc) is 3.57. The Hall–Kier alpha value is -3.57. The van der Waals surface area contributed by atoms with E-state index in [4.69, 9.17) is 16.3 Å². The van der Waals surface area contributed by atoms with E-state index in [2.05, 4.69) is 24.3 Å². The van der Waals surface area contributed by atoms with Crippen molar-refractivity contribution in [1.82, 2.24) is 14.7 Å². The van der Waals surface area contributed by atoms with Crippen molar-refractivity contribution in [3.05, 3.63) is 64.1 Å². The lowest BCUT2D eigenvalue weighted by Crippen LogP contribution is -2.30. The van der Waals surface area contributed by atoms with Gasteiger partial charge in [0.1, 0.15) is 12.0 Å². The van der Waals surface area contributed by atoms with Gasteiger partial charge in [-0.25, -0.2) is 8.42 Å². The van der Waals surface area contributed by atoms with Gasteiger partial charge in [0.15, 0.2) is 11.6 Å². The average molecular weight is 530 g/mol. The van der Waals surface area contributed by atoms with Gasteiger partial charge in [-0.3, -0.25) is 14.1 Å². The first kappa shape index (κ1) is 24.1. The number of anilines is 2. The minimum atomic E-state index is -3.93. The van der Waals surface area contributed by atoms with E-state index in [0.717, 1.165) is 12.8 Å². The van der Waals surface area contributed by atoms with Crippen LogP contribution in [0.3, 0.4) is 0 Å². The predicted molar refractivity (Wildman–Crippen MR) is 137 cm³/mol. The highest BCUT2D eigenvalue weighted by atomic mass is 35.5. The number of sulfonamides is 1.